The maximum Gasteiger partial charge on any atom is 0.416 e. The standard InChI is InChI=1S/C30H24F3N3O3/c31-30(32,33)19-10-6-11-20(16-19)36-26(37)24-23-14-7-15-35(23)29(25(24)27(36)38)21-12-4-5-13-22(21)34(28(29)39)17-18-8-2-1-3-9-18/h1-6,8-13,16,23-25H,7,14-15,17H2/t23-,24+,25+,29-/m0/s1. The van der Waals surface area contributed by atoms with Gasteiger partial charge < -0.3 is 4.90 Å². The monoisotopic (exact) mass is 531 g/mol. The minimum Gasteiger partial charge on any atom is -0.306 e. The van der Waals surface area contributed by atoms with Crippen LogP contribution < -0.4 is 9.80 Å². The molecule has 4 heterocycles. The number of halogens is 3. The van der Waals surface area contributed by atoms with Crippen LogP contribution in [0.1, 0.15) is 29.5 Å². The van der Waals surface area contributed by atoms with Crippen LogP contribution in [0.2, 0.25) is 0 Å². The van der Waals surface area contributed by atoms with Gasteiger partial charge in [0, 0.05) is 17.3 Å². The molecule has 3 saturated heterocycles. The lowest BCUT2D eigenvalue weighted by atomic mass is 9.75. The lowest BCUT2D eigenvalue weighted by molar-refractivity contribution is -0.138. The van der Waals surface area contributed by atoms with Gasteiger partial charge in [0.05, 0.1) is 29.6 Å². The van der Waals surface area contributed by atoms with E-state index in [1.165, 1.54) is 12.1 Å². The number of amides is 3. The predicted molar refractivity (Wildman–Crippen MR) is 136 cm³/mol. The van der Waals surface area contributed by atoms with E-state index in [4.69, 9.17) is 0 Å². The Labute approximate surface area is 222 Å². The molecule has 1 spiro atoms. The van der Waals surface area contributed by atoms with E-state index in [1.807, 2.05) is 59.5 Å². The van der Waals surface area contributed by atoms with E-state index in [9.17, 15) is 27.6 Å². The number of para-hydroxylation sites is 1. The van der Waals surface area contributed by atoms with Gasteiger partial charge in [0.1, 0.15) is 5.54 Å². The number of fused-ring (bicyclic) bond motifs is 7. The average Bonchev–Trinajstić information content (AvgIpc) is 3.63. The Morgan fingerprint density at radius 2 is 1.62 bits per heavy atom. The summed E-state index contributed by atoms with van der Waals surface area (Å²) in [5.41, 5.74) is -0.155. The Hall–Kier alpha value is -3.98. The van der Waals surface area contributed by atoms with E-state index in [0.29, 0.717) is 30.8 Å². The molecule has 0 radical (unpaired) electrons. The van der Waals surface area contributed by atoms with Crippen LogP contribution in [0.4, 0.5) is 24.5 Å². The second-order valence-corrected chi connectivity index (χ2v) is 10.6. The van der Waals surface area contributed by atoms with Gasteiger partial charge in [0.25, 0.3) is 5.91 Å². The molecule has 0 unspecified atom stereocenters. The van der Waals surface area contributed by atoms with Crippen molar-refractivity contribution in [2.45, 2.75) is 37.1 Å². The number of hydrogen-bond donors (Lipinski definition) is 0. The molecule has 4 atom stereocenters. The fourth-order valence-corrected chi connectivity index (χ4v) is 7.34. The summed E-state index contributed by atoms with van der Waals surface area (Å²) in [5.74, 6) is -3.27. The highest BCUT2D eigenvalue weighted by Gasteiger charge is 2.75. The summed E-state index contributed by atoms with van der Waals surface area (Å²) in [6.07, 6.45) is -3.24. The van der Waals surface area contributed by atoms with Crippen LogP contribution in [0.5, 0.6) is 0 Å². The van der Waals surface area contributed by atoms with E-state index in [1.54, 1.807) is 4.90 Å². The molecule has 3 aromatic carbocycles. The SMILES string of the molecule is O=C1[C@@H]2[C@@H]3CCCN3[C@]3(C(=O)N(Cc4ccccc4)c4ccccc43)[C@H]2C(=O)N1c1cccc(C(F)(F)F)c1. The minimum absolute atomic E-state index is 0.117. The molecule has 198 valence electrons. The summed E-state index contributed by atoms with van der Waals surface area (Å²) in [7, 11) is 0. The molecule has 3 aromatic rings. The molecule has 7 rings (SSSR count). The molecule has 0 N–H and O–H groups in total. The summed E-state index contributed by atoms with van der Waals surface area (Å²) >= 11 is 0. The summed E-state index contributed by atoms with van der Waals surface area (Å²) in [4.78, 5) is 47.3. The zero-order chi connectivity index (χ0) is 27.1. The maximum atomic E-state index is 14.6. The third-order valence-corrected chi connectivity index (χ3v) is 8.76. The molecule has 39 heavy (non-hydrogen) atoms. The van der Waals surface area contributed by atoms with Crippen LogP contribution >= 0.6 is 0 Å². The van der Waals surface area contributed by atoms with E-state index in [0.717, 1.165) is 29.0 Å². The van der Waals surface area contributed by atoms with Gasteiger partial charge in [-0.25, -0.2) is 4.90 Å². The first-order valence-corrected chi connectivity index (χ1v) is 13.0. The number of alkyl halides is 3. The molecule has 3 amide bonds. The molecule has 9 heteroatoms. The van der Waals surface area contributed by atoms with Gasteiger partial charge in [0.2, 0.25) is 11.8 Å². The second kappa shape index (κ2) is 8.26. The maximum absolute atomic E-state index is 14.6. The zero-order valence-corrected chi connectivity index (χ0v) is 20.8. The fourth-order valence-electron chi connectivity index (χ4n) is 7.34. The van der Waals surface area contributed by atoms with Crippen LogP contribution in [-0.4, -0.2) is 35.2 Å². The lowest BCUT2D eigenvalue weighted by Gasteiger charge is -2.37. The van der Waals surface area contributed by atoms with Crippen molar-refractivity contribution in [3.63, 3.8) is 0 Å². The Morgan fingerprint density at radius 3 is 2.38 bits per heavy atom. The molecule has 4 aliphatic rings. The fraction of sp³-hybridized carbons (Fsp3) is 0.300. The molecule has 0 aromatic heterocycles. The van der Waals surface area contributed by atoms with E-state index < -0.39 is 40.9 Å². The van der Waals surface area contributed by atoms with Gasteiger partial charge in [0.15, 0.2) is 0 Å². The largest absolute Gasteiger partial charge is 0.416 e. The Morgan fingerprint density at radius 1 is 0.872 bits per heavy atom. The normalized spacial score (nSPS) is 28.0. The van der Waals surface area contributed by atoms with E-state index in [2.05, 4.69) is 0 Å². The topological polar surface area (TPSA) is 60.9 Å². The van der Waals surface area contributed by atoms with Crippen molar-refractivity contribution < 1.29 is 27.6 Å². The number of imide groups is 1. The molecule has 0 aliphatic carbocycles. The summed E-state index contributed by atoms with van der Waals surface area (Å²) < 4.78 is 40.5. The third-order valence-electron chi connectivity index (χ3n) is 8.76. The van der Waals surface area contributed by atoms with Gasteiger partial charge in [-0.05, 0) is 49.2 Å². The van der Waals surface area contributed by atoms with Crippen molar-refractivity contribution in [1.29, 1.82) is 0 Å². The summed E-state index contributed by atoms with van der Waals surface area (Å²) in [5, 5.41) is 0. The highest BCUT2D eigenvalue weighted by molar-refractivity contribution is 6.26. The van der Waals surface area contributed by atoms with Crippen molar-refractivity contribution in [3.8, 4) is 0 Å². The summed E-state index contributed by atoms with van der Waals surface area (Å²) in [6, 6.07) is 20.8. The number of hydrogen-bond acceptors (Lipinski definition) is 4. The van der Waals surface area contributed by atoms with Crippen LogP contribution in [0.25, 0.3) is 0 Å². The Balaban J connectivity index is 1.37. The number of carbonyl (C=O) groups is 3. The van der Waals surface area contributed by atoms with Gasteiger partial charge in [-0.2, -0.15) is 13.2 Å². The zero-order valence-electron chi connectivity index (χ0n) is 20.8. The van der Waals surface area contributed by atoms with Crippen LogP contribution in [0.15, 0.2) is 78.9 Å². The molecule has 0 saturated carbocycles. The second-order valence-electron chi connectivity index (χ2n) is 10.6. The highest BCUT2D eigenvalue weighted by atomic mass is 19.4. The predicted octanol–water partition coefficient (Wildman–Crippen LogP) is 4.73. The van der Waals surface area contributed by atoms with Crippen LogP contribution in [-0.2, 0) is 32.6 Å². The molecule has 4 aliphatic heterocycles. The minimum atomic E-state index is -4.63. The first-order chi connectivity index (χ1) is 18.7. The number of benzene rings is 3. The number of carbonyl (C=O) groups excluding carboxylic acids is 3. The number of rotatable bonds is 3. The van der Waals surface area contributed by atoms with E-state index in [-0.39, 0.29) is 17.6 Å². The third kappa shape index (κ3) is 3.16. The van der Waals surface area contributed by atoms with Crippen molar-refractivity contribution in [2.24, 2.45) is 11.8 Å². The Bertz CT molecular complexity index is 1520. The van der Waals surface area contributed by atoms with Gasteiger partial charge in [-0.15, -0.1) is 0 Å². The van der Waals surface area contributed by atoms with Crippen molar-refractivity contribution in [2.75, 3.05) is 16.3 Å². The smallest absolute Gasteiger partial charge is 0.306 e. The van der Waals surface area contributed by atoms with Crippen molar-refractivity contribution in [1.82, 2.24) is 4.90 Å². The Kier molecular flexibility index (Phi) is 5.10. The molecular weight excluding hydrogens is 507 g/mol. The number of nitrogens with zero attached hydrogens (tertiary/aromatic N) is 3. The summed E-state index contributed by atoms with van der Waals surface area (Å²) in [6.45, 7) is 0.856. The molecular formula is C30H24F3N3O3. The molecule has 0 bridgehead atoms. The van der Waals surface area contributed by atoms with Crippen molar-refractivity contribution >= 4 is 29.1 Å². The quantitative estimate of drug-likeness (QED) is 0.459. The first kappa shape index (κ1) is 24.1. The first-order valence-electron chi connectivity index (χ1n) is 13.0. The van der Waals surface area contributed by atoms with Crippen LogP contribution in [0, 0.1) is 11.8 Å². The molecule has 6 nitrogen and oxygen atoms in total. The highest BCUT2D eigenvalue weighted by Crippen LogP contribution is 2.62. The van der Waals surface area contributed by atoms with Crippen LogP contribution in [0.3, 0.4) is 0 Å². The van der Waals surface area contributed by atoms with Gasteiger partial charge in [-0.1, -0.05) is 54.6 Å². The molecule has 3 fully saturated rings. The van der Waals surface area contributed by atoms with Gasteiger partial charge >= 0.3 is 6.18 Å². The van der Waals surface area contributed by atoms with Crippen molar-refractivity contribution in [3.05, 3.63) is 95.6 Å². The number of anilines is 2. The van der Waals surface area contributed by atoms with Gasteiger partial charge in [-0.3, -0.25) is 19.3 Å². The lowest BCUT2D eigenvalue weighted by Crippen LogP contribution is -2.55. The average molecular weight is 532 g/mol. The van der Waals surface area contributed by atoms with E-state index >= 15 is 0 Å².